The van der Waals surface area contributed by atoms with Gasteiger partial charge in [-0.2, -0.15) is 13.7 Å². The summed E-state index contributed by atoms with van der Waals surface area (Å²) in [5.41, 5.74) is 2.96. The molecule has 0 aliphatic heterocycles. The van der Waals surface area contributed by atoms with E-state index in [1.54, 1.807) is 0 Å². The monoisotopic (exact) mass is 399 g/mol. The second kappa shape index (κ2) is 9.17. The Hall–Kier alpha value is -3.15. The third-order valence-corrected chi connectivity index (χ3v) is 4.96. The van der Waals surface area contributed by atoms with Gasteiger partial charge in [-0.15, -0.1) is 0 Å². The summed E-state index contributed by atoms with van der Waals surface area (Å²) in [6.45, 7) is 4.04. The predicted octanol–water partition coefficient (Wildman–Crippen LogP) is 3.52. The van der Waals surface area contributed by atoms with Crippen molar-refractivity contribution in [1.29, 1.82) is 5.26 Å². The van der Waals surface area contributed by atoms with Gasteiger partial charge in [-0.25, -0.2) is 0 Å². The fourth-order valence-corrected chi connectivity index (χ4v) is 3.18. The molecule has 0 heterocycles. The van der Waals surface area contributed by atoms with Crippen LogP contribution in [0.5, 0.6) is 0 Å². The molecule has 0 saturated carbocycles. The number of carbonyl (C=O) groups is 1. The Kier molecular flexibility index (Phi) is 6.93. The van der Waals surface area contributed by atoms with E-state index in [1.165, 1.54) is 24.4 Å². The molecule has 0 spiro atoms. The van der Waals surface area contributed by atoms with Gasteiger partial charge in [0.2, 0.25) is 0 Å². The lowest BCUT2D eigenvalue weighted by atomic mass is 10.0. The maximum Gasteiger partial charge on any atom is 0.294 e. The SMILES string of the molecule is CCc1cccc(CC)c1N/C=C(/C#N)C(=O)Nc1cccc(S(=O)(=O)O)c1. The van der Waals surface area contributed by atoms with E-state index in [0.717, 1.165) is 35.7 Å². The normalized spacial score (nSPS) is 11.6. The van der Waals surface area contributed by atoms with E-state index in [2.05, 4.69) is 10.6 Å². The molecule has 0 unspecified atom stereocenters. The zero-order valence-electron chi connectivity index (χ0n) is 15.6. The minimum Gasteiger partial charge on any atom is -0.360 e. The second-order valence-electron chi connectivity index (χ2n) is 5.93. The molecule has 0 aromatic heterocycles. The molecule has 2 rings (SSSR count). The number of nitrogens with one attached hydrogen (secondary N) is 2. The zero-order chi connectivity index (χ0) is 20.7. The summed E-state index contributed by atoms with van der Waals surface area (Å²) in [7, 11) is -4.39. The van der Waals surface area contributed by atoms with Gasteiger partial charge in [-0.3, -0.25) is 9.35 Å². The van der Waals surface area contributed by atoms with Crippen molar-refractivity contribution in [3.05, 3.63) is 65.4 Å². The maximum absolute atomic E-state index is 12.4. The molecular weight excluding hydrogens is 378 g/mol. The smallest absolute Gasteiger partial charge is 0.294 e. The van der Waals surface area contributed by atoms with Gasteiger partial charge in [0.15, 0.2) is 0 Å². The summed E-state index contributed by atoms with van der Waals surface area (Å²) in [5.74, 6) is -0.700. The number of carbonyl (C=O) groups excluding carboxylic acids is 1. The Morgan fingerprint density at radius 2 is 1.75 bits per heavy atom. The van der Waals surface area contributed by atoms with Crippen molar-refractivity contribution in [2.45, 2.75) is 31.6 Å². The molecule has 8 heteroatoms. The summed E-state index contributed by atoms with van der Waals surface area (Å²) < 4.78 is 31.5. The van der Waals surface area contributed by atoms with Crippen molar-refractivity contribution >= 4 is 27.4 Å². The predicted molar refractivity (Wildman–Crippen MR) is 107 cm³/mol. The highest BCUT2D eigenvalue weighted by Crippen LogP contribution is 2.23. The molecule has 0 fully saturated rings. The average Bonchev–Trinajstić information content (AvgIpc) is 2.67. The first-order valence-electron chi connectivity index (χ1n) is 8.66. The highest BCUT2D eigenvalue weighted by Gasteiger charge is 2.14. The Labute approximate surface area is 164 Å². The largest absolute Gasteiger partial charge is 0.360 e. The number of hydrogen-bond donors (Lipinski definition) is 3. The van der Waals surface area contributed by atoms with E-state index < -0.39 is 16.0 Å². The minimum atomic E-state index is -4.39. The van der Waals surface area contributed by atoms with E-state index in [4.69, 9.17) is 4.55 Å². The van der Waals surface area contributed by atoms with E-state index in [9.17, 15) is 18.5 Å². The van der Waals surface area contributed by atoms with Crippen LogP contribution < -0.4 is 10.6 Å². The van der Waals surface area contributed by atoms with Crippen molar-refractivity contribution in [2.75, 3.05) is 10.6 Å². The number of nitriles is 1. The summed E-state index contributed by atoms with van der Waals surface area (Å²) in [4.78, 5) is 12.0. The van der Waals surface area contributed by atoms with Gasteiger partial charge in [0, 0.05) is 17.6 Å². The van der Waals surface area contributed by atoms with Gasteiger partial charge in [0.05, 0.1) is 4.90 Å². The van der Waals surface area contributed by atoms with Crippen LogP contribution in [0.2, 0.25) is 0 Å². The van der Waals surface area contributed by atoms with Crippen molar-refractivity contribution in [3.8, 4) is 6.07 Å². The van der Waals surface area contributed by atoms with Crippen LogP contribution in [0.3, 0.4) is 0 Å². The highest BCUT2D eigenvalue weighted by atomic mass is 32.2. The molecule has 0 bridgehead atoms. The summed E-state index contributed by atoms with van der Waals surface area (Å²) in [5, 5.41) is 14.8. The number of benzene rings is 2. The van der Waals surface area contributed by atoms with Crippen molar-refractivity contribution in [2.24, 2.45) is 0 Å². The highest BCUT2D eigenvalue weighted by molar-refractivity contribution is 7.85. The molecule has 3 N–H and O–H groups in total. The molecule has 7 nitrogen and oxygen atoms in total. The van der Waals surface area contributed by atoms with Crippen LogP contribution in [0.1, 0.15) is 25.0 Å². The van der Waals surface area contributed by atoms with Crippen LogP contribution in [0.15, 0.2) is 59.1 Å². The van der Waals surface area contributed by atoms with Crippen LogP contribution in [0.4, 0.5) is 11.4 Å². The third-order valence-electron chi connectivity index (χ3n) is 4.11. The molecule has 146 valence electrons. The van der Waals surface area contributed by atoms with Crippen molar-refractivity contribution in [1.82, 2.24) is 0 Å². The molecule has 2 aromatic carbocycles. The quantitative estimate of drug-likeness (QED) is 0.372. The number of nitrogens with zero attached hydrogens (tertiary/aromatic N) is 1. The van der Waals surface area contributed by atoms with Crippen LogP contribution in [-0.4, -0.2) is 18.9 Å². The van der Waals surface area contributed by atoms with Crippen molar-refractivity contribution < 1.29 is 17.8 Å². The van der Waals surface area contributed by atoms with Crippen LogP contribution in [0.25, 0.3) is 0 Å². The summed E-state index contributed by atoms with van der Waals surface area (Å²) in [6, 6.07) is 12.9. The molecule has 0 saturated heterocycles. The molecule has 0 atom stereocenters. The number of hydrogen-bond acceptors (Lipinski definition) is 5. The minimum absolute atomic E-state index is 0.143. The first-order valence-corrected chi connectivity index (χ1v) is 10.1. The Balaban J connectivity index is 2.25. The number of anilines is 2. The van der Waals surface area contributed by atoms with Gasteiger partial charge in [-0.05, 0) is 42.2 Å². The topological polar surface area (TPSA) is 119 Å². The van der Waals surface area contributed by atoms with E-state index in [0.29, 0.717) is 0 Å². The first-order chi connectivity index (χ1) is 13.3. The molecule has 0 radical (unpaired) electrons. The fourth-order valence-electron chi connectivity index (χ4n) is 2.65. The van der Waals surface area contributed by atoms with E-state index >= 15 is 0 Å². The molecule has 0 aliphatic carbocycles. The molecule has 2 aromatic rings. The zero-order valence-corrected chi connectivity index (χ0v) is 16.4. The Bertz CT molecular complexity index is 1030. The second-order valence-corrected chi connectivity index (χ2v) is 7.35. The molecule has 28 heavy (non-hydrogen) atoms. The van der Waals surface area contributed by atoms with Gasteiger partial charge in [0.25, 0.3) is 16.0 Å². The molecule has 0 aliphatic rings. The summed E-state index contributed by atoms with van der Waals surface area (Å²) >= 11 is 0. The lowest BCUT2D eigenvalue weighted by Gasteiger charge is -2.13. The maximum atomic E-state index is 12.4. The number of aryl methyl sites for hydroxylation is 2. The standard InChI is InChI=1S/C20H21N3O4S/c1-3-14-7-5-8-15(4-2)19(14)22-13-16(12-21)20(24)23-17-9-6-10-18(11-17)28(25,26)27/h5-11,13,22H,3-4H2,1-2H3,(H,23,24)(H,25,26,27)/b16-13-. The van der Waals surface area contributed by atoms with Gasteiger partial charge in [0.1, 0.15) is 11.6 Å². The summed E-state index contributed by atoms with van der Waals surface area (Å²) in [6.07, 6.45) is 2.91. The molecular formula is C20H21N3O4S. The first kappa shape index (κ1) is 21.2. The number of rotatable bonds is 7. The van der Waals surface area contributed by atoms with Crippen LogP contribution in [-0.2, 0) is 27.8 Å². The molecule has 1 amide bonds. The Morgan fingerprint density at radius 1 is 1.14 bits per heavy atom. The van der Waals surface area contributed by atoms with Crippen molar-refractivity contribution in [3.63, 3.8) is 0 Å². The van der Waals surface area contributed by atoms with Gasteiger partial charge in [-0.1, -0.05) is 38.1 Å². The number of para-hydroxylation sites is 1. The Morgan fingerprint density at radius 3 is 2.29 bits per heavy atom. The van der Waals surface area contributed by atoms with Crippen LogP contribution >= 0.6 is 0 Å². The average molecular weight is 399 g/mol. The lowest BCUT2D eigenvalue weighted by molar-refractivity contribution is -0.112. The third kappa shape index (κ3) is 5.19. The lowest BCUT2D eigenvalue weighted by Crippen LogP contribution is -2.15. The van der Waals surface area contributed by atoms with E-state index in [-0.39, 0.29) is 16.2 Å². The number of amides is 1. The fraction of sp³-hybridized carbons (Fsp3) is 0.200. The van der Waals surface area contributed by atoms with Gasteiger partial charge < -0.3 is 10.6 Å². The van der Waals surface area contributed by atoms with Gasteiger partial charge >= 0.3 is 0 Å². The van der Waals surface area contributed by atoms with E-state index in [1.807, 2.05) is 38.1 Å². The van der Waals surface area contributed by atoms with Crippen LogP contribution in [0, 0.1) is 11.3 Å².